The maximum atomic E-state index is 14.4. The van der Waals surface area contributed by atoms with Crippen molar-refractivity contribution >= 4 is 29.3 Å². The fourth-order valence-corrected chi connectivity index (χ4v) is 11.4. The maximum Gasteiger partial charge on any atom is 0.246 e. The van der Waals surface area contributed by atoms with Gasteiger partial charge in [0.15, 0.2) is 23.5 Å². The van der Waals surface area contributed by atoms with Crippen LogP contribution in [0.5, 0.6) is 0 Å². The van der Waals surface area contributed by atoms with E-state index in [0.29, 0.717) is 72.1 Å². The molecule has 17 heteroatoms. The molecular weight excluding hydrogens is 855 g/mol. The Kier molecular flexibility index (Phi) is 19.9. The third-order valence-electron chi connectivity index (χ3n) is 14.6. The van der Waals surface area contributed by atoms with Crippen LogP contribution in [0.4, 0.5) is 0 Å². The molecule has 1 saturated heterocycles. The Bertz CT molecular complexity index is 1740. The molecule has 1 heterocycles. The first kappa shape index (κ1) is 52.0. The molecule has 0 aromatic carbocycles. The number of aliphatic hydroxyl groups excluding tert-OH is 1. The zero-order valence-electron chi connectivity index (χ0n) is 39.4. The van der Waals surface area contributed by atoms with E-state index in [4.69, 9.17) is 37.9 Å². The SMILES string of the molecule is CCCC1O[C@@H]2C[C@H]3[C@@H]4CCC5=CC(=O)C=C[C@]5(C)[C@H]4[C@@H](O)C[C@]3(C)[C@]2(C(=O)COCNC(=O)CNC(=O)CCOCCOCCOCCOCCNC(=O)COC2/C=C\CCCCC2)O1. The van der Waals surface area contributed by atoms with Crippen molar-refractivity contribution in [2.45, 2.75) is 128 Å². The van der Waals surface area contributed by atoms with Crippen LogP contribution in [0, 0.1) is 28.6 Å². The molecule has 0 aromatic heterocycles. The molecule has 0 aromatic rings. The minimum atomic E-state index is -1.32. The monoisotopic (exact) mass is 930 g/mol. The van der Waals surface area contributed by atoms with Gasteiger partial charge < -0.3 is 59.0 Å². The number of nitrogens with one attached hydrogen (secondary N) is 3. The number of carbonyl (C=O) groups is 5. The highest BCUT2D eigenvalue weighted by molar-refractivity contribution is 6.01. The van der Waals surface area contributed by atoms with Gasteiger partial charge in [-0.2, -0.15) is 0 Å². The number of hydrogen-bond donors (Lipinski definition) is 4. The van der Waals surface area contributed by atoms with Gasteiger partial charge in [0.2, 0.25) is 17.7 Å². The number of amides is 3. The van der Waals surface area contributed by atoms with Crippen LogP contribution in [0.25, 0.3) is 0 Å². The van der Waals surface area contributed by atoms with Crippen molar-refractivity contribution < 1.29 is 67.0 Å². The first-order valence-electron chi connectivity index (χ1n) is 24.4. The Labute approximate surface area is 389 Å². The van der Waals surface area contributed by atoms with E-state index in [9.17, 15) is 29.1 Å². The topological polar surface area (TPSA) is 216 Å². The highest BCUT2D eigenvalue weighted by Crippen LogP contribution is 2.69. The van der Waals surface area contributed by atoms with Crippen LogP contribution in [0.3, 0.4) is 0 Å². The van der Waals surface area contributed by atoms with Gasteiger partial charge in [-0.3, -0.25) is 24.0 Å². The number of ether oxygens (including phenoxy) is 8. The third-order valence-corrected chi connectivity index (χ3v) is 14.6. The van der Waals surface area contributed by atoms with Gasteiger partial charge in [-0.1, -0.05) is 63.8 Å². The molecule has 0 radical (unpaired) electrons. The summed E-state index contributed by atoms with van der Waals surface area (Å²) in [6, 6.07) is 0. The van der Waals surface area contributed by atoms with Gasteiger partial charge >= 0.3 is 0 Å². The van der Waals surface area contributed by atoms with Gasteiger partial charge in [0.25, 0.3) is 0 Å². The minimum absolute atomic E-state index is 0.00648. The molecule has 4 fully saturated rings. The van der Waals surface area contributed by atoms with Gasteiger partial charge in [-0.05, 0) is 75.4 Å². The molecule has 10 atom stereocenters. The average molecular weight is 930 g/mol. The largest absolute Gasteiger partial charge is 0.393 e. The van der Waals surface area contributed by atoms with Crippen LogP contribution in [0.1, 0.15) is 97.8 Å². The Balaban J connectivity index is 0.782. The van der Waals surface area contributed by atoms with Crippen molar-refractivity contribution in [3.05, 3.63) is 36.0 Å². The Morgan fingerprint density at radius 2 is 1.59 bits per heavy atom. The predicted molar refractivity (Wildman–Crippen MR) is 241 cm³/mol. The second-order valence-corrected chi connectivity index (χ2v) is 18.9. The number of allylic oxidation sites excluding steroid dienone is 5. The zero-order chi connectivity index (χ0) is 47.0. The highest BCUT2D eigenvalue weighted by Gasteiger charge is 2.75. The van der Waals surface area contributed by atoms with Gasteiger partial charge in [-0.15, -0.1) is 0 Å². The summed E-state index contributed by atoms with van der Waals surface area (Å²) in [5.74, 6) is -1.24. The van der Waals surface area contributed by atoms with E-state index in [2.05, 4.69) is 41.9 Å². The molecule has 66 heavy (non-hydrogen) atoms. The number of fused-ring (bicyclic) bond motifs is 7. The smallest absolute Gasteiger partial charge is 0.246 e. The average Bonchev–Trinajstić information content (AvgIpc) is 3.77. The van der Waals surface area contributed by atoms with Crippen molar-refractivity contribution in [2.24, 2.45) is 28.6 Å². The van der Waals surface area contributed by atoms with E-state index < -0.39 is 40.8 Å². The summed E-state index contributed by atoms with van der Waals surface area (Å²) in [7, 11) is 0. The van der Waals surface area contributed by atoms with Crippen LogP contribution in [0.2, 0.25) is 0 Å². The molecule has 1 aliphatic heterocycles. The Morgan fingerprint density at radius 1 is 0.848 bits per heavy atom. The van der Waals surface area contributed by atoms with Crippen LogP contribution in [-0.2, 0) is 61.9 Å². The molecule has 370 valence electrons. The van der Waals surface area contributed by atoms with Gasteiger partial charge in [0, 0.05) is 29.7 Å². The summed E-state index contributed by atoms with van der Waals surface area (Å²) in [4.78, 5) is 63.5. The van der Waals surface area contributed by atoms with Gasteiger partial charge in [-0.25, -0.2) is 0 Å². The summed E-state index contributed by atoms with van der Waals surface area (Å²) < 4.78 is 46.5. The number of carbonyl (C=O) groups excluding carboxylic acids is 5. The lowest BCUT2D eigenvalue weighted by molar-refractivity contribution is -0.201. The summed E-state index contributed by atoms with van der Waals surface area (Å²) in [6.07, 6.45) is 17.3. The highest BCUT2D eigenvalue weighted by atomic mass is 16.7. The molecule has 3 amide bonds. The number of ketones is 2. The van der Waals surface area contributed by atoms with Crippen LogP contribution in [-0.4, -0.2) is 150 Å². The van der Waals surface area contributed by atoms with E-state index >= 15 is 0 Å². The van der Waals surface area contributed by atoms with Gasteiger partial charge in [0.05, 0.1) is 77.7 Å². The normalized spacial score (nSPS) is 32.8. The number of aliphatic hydroxyl groups is 1. The van der Waals surface area contributed by atoms with E-state index in [-0.39, 0.29) is 86.8 Å². The number of Topliss-reactive ketones (excluding diaryl/α,β-unsaturated/α-hetero) is 1. The van der Waals surface area contributed by atoms with Crippen molar-refractivity contribution in [2.75, 3.05) is 85.9 Å². The molecule has 2 unspecified atom stereocenters. The van der Waals surface area contributed by atoms with Crippen molar-refractivity contribution in [3.8, 4) is 0 Å². The molecule has 6 rings (SSSR count). The summed E-state index contributed by atoms with van der Waals surface area (Å²) >= 11 is 0. The lowest BCUT2D eigenvalue weighted by atomic mass is 9.46. The lowest BCUT2D eigenvalue weighted by Gasteiger charge is -2.59. The molecular formula is C49H75N3O14. The maximum absolute atomic E-state index is 14.4. The number of hydrogen-bond acceptors (Lipinski definition) is 14. The van der Waals surface area contributed by atoms with Crippen molar-refractivity contribution in [3.63, 3.8) is 0 Å². The van der Waals surface area contributed by atoms with E-state index in [1.54, 1.807) is 12.2 Å². The standard InChI is InChI=1S/C49H75N3O14/c1-4-10-45-65-41-28-38-37-14-13-34-27-35(53)15-17-47(34,2)46(37)39(54)29-48(38,3)49(41,66-45)40(55)31-63-33-52-43(57)30-51-42(56)16-19-59-21-23-61-25-26-62-24-22-60-20-18-50-44(58)32-64-36-11-8-6-5-7-9-12-36/h8,11,15,17,27,36-39,41,45-46,54H,4-7,9-10,12-14,16,18-26,28-33H2,1-3H3,(H,50,58)(H,51,56)(H,52,57)/b11-8-/t36?,37-,38-,39-,41+,45?,46+,47-,48-,49+/m0/s1. The second kappa shape index (κ2) is 25.3. The van der Waals surface area contributed by atoms with Crippen molar-refractivity contribution in [1.82, 2.24) is 16.0 Å². The van der Waals surface area contributed by atoms with Gasteiger partial charge in [0.1, 0.15) is 19.9 Å². The Morgan fingerprint density at radius 3 is 2.35 bits per heavy atom. The summed E-state index contributed by atoms with van der Waals surface area (Å²) in [5, 5.41) is 19.9. The quantitative estimate of drug-likeness (QED) is 0.0528. The van der Waals surface area contributed by atoms with Crippen molar-refractivity contribution in [1.29, 1.82) is 0 Å². The number of rotatable bonds is 27. The summed E-state index contributed by atoms with van der Waals surface area (Å²) in [6.45, 7) is 8.52. The van der Waals surface area contributed by atoms with E-state index in [0.717, 1.165) is 44.1 Å². The fraction of sp³-hybridized carbons (Fsp3) is 0.776. The molecule has 4 N–H and O–H groups in total. The fourth-order valence-electron chi connectivity index (χ4n) is 11.4. The van der Waals surface area contributed by atoms with E-state index in [1.165, 1.54) is 12.8 Å². The first-order valence-corrected chi connectivity index (χ1v) is 24.4. The predicted octanol–water partition coefficient (Wildman–Crippen LogP) is 3.41. The molecule has 0 spiro atoms. The third kappa shape index (κ3) is 13.0. The molecule has 6 aliphatic rings. The molecule has 5 aliphatic carbocycles. The second-order valence-electron chi connectivity index (χ2n) is 18.9. The zero-order valence-corrected chi connectivity index (χ0v) is 39.4. The van der Waals surface area contributed by atoms with Crippen LogP contribution < -0.4 is 16.0 Å². The Hall–Kier alpha value is -3.39. The minimum Gasteiger partial charge on any atom is -0.393 e. The molecule has 3 saturated carbocycles. The van der Waals surface area contributed by atoms with E-state index in [1.807, 2.05) is 13.0 Å². The lowest BCUT2D eigenvalue weighted by Crippen LogP contribution is -2.63. The molecule has 17 nitrogen and oxygen atoms in total. The van der Waals surface area contributed by atoms with Crippen LogP contribution in [0.15, 0.2) is 36.0 Å². The van der Waals surface area contributed by atoms with Crippen LogP contribution >= 0.6 is 0 Å². The first-order chi connectivity index (χ1) is 31.9. The summed E-state index contributed by atoms with van der Waals surface area (Å²) in [5.41, 5.74) is -1.42. The molecule has 0 bridgehead atoms.